The first-order chi connectivity index (χ1) is 7.50. The second-order valence-electron chi connectivity index (χ2n) is 3.70. The van der Waals surface area contributed by atoms with Gasteiger partial charge < -0.3 is 16.0 Å². The monoisotopic (exact) mass is 225 g/mol. The molecular formula is C11H16FN3O. The van der Waals surface area contributed by atoms with Gasteiger partial charge in [0.05, 0.1) is 11.4 Å². The van der Waals surface area contributed by atoms with E-state index in [1.54, 1.807) is 20.2 Å². The lowest BCUT2D eigenvalue weighted by Crippen LogP contribution is -2.24. The van der Waals surface area contributed by atoms with Crippen LogP contribution < -0.4 is 11.1 Å². The Kier molecular flexibility index (Phi) is 4.10. The van der Waals surface area contributed by atoms with Gasteiger partial charge in [0.1, 0.15) is 5.82 Å². The van der Waals surface area contributed by atoms with Crippen LogP contribution in [-0.2, 0) is 4.79 Å². The molecule has 0 saturated carbocycles. The Morgan fingerprint density at radius 2 is 2.19 bits per heavy atom. The third-order valence-corrected chi connectivity index (χ3v) is 2.17. The van der Waals surface area contributed by atoms with Crippen LogP contribution in [0.15, 0.2) is 18.2 Å². The van der Waals surface area contributed by atoms with Gasteiger partial charge >= 0.3 is 0 Å². The van der Waals surface area contributed by atoms with Gasteiger partial charge in [0.15, 0.2) is 0 Å². The molecule has 3 N–H and O–H groups in total. The molecule has 1 rings (SSSR count). The minimum Gasteiger partial charge on any atom is -0.397 e. The minimum atomic E-state index is -0.368. The number of nitrogen functional groups attached to an aromatic ring is 1. The molecule has 5 heteroatoms. The topological polar surface area (TPSA) is 58.4 Å². The second kappa shape index (κ2) is 5.34. The van der Waals surface area contributed by atoms with Crippen molar-refractivity contribution in [2.45, 2.75) is 6.42 Å². The van der Waals surface area contributed by atoms with E-state index >= 15 is 0 Å². The van der Waals surface area contributed by atoms with Crippen molar-refractivity contribution in [1.82, 2.24) is 4.90 Å². The van der Waals surface area contributed by atoms with Crippen LogP contribution in [-0.4, -0.2) is 31.4 Å². The summed E-state index contributed by atoms with van der Waals surface area (Å²) in [7, 11) is 3.41. The average molecular weight is 225 g/mol. The molecule has 1 aromatic rings. The van der Waals surface area contributed by atoms with Gasteiger partial charge in [-0.05, 0) is 18.2 Å². The van der Waals surface area contributed by atoms with Gasteiger partial charge in [0.25, 0.3) is 0 Å². The van der Waals surface area contributed by atoms with Crippen LogP contribution in [0.3, 0.4) is 0 Å². The van der Waals surface area contributed by atoms with Crippen molar-refractivity contribution in [3.05, 3.63) is 24.0 Å². The number of amides is 1. The zero-order valence-electron chi connectivity index (χ0n) is 9.46. The quantitative estimate of drug-likeness (QED) is 0.759. The standard InChI is InChI=1S/C11H16FN3O/c1-15(2)11(16)5-6-14-10-4-3-8(12)7-9(10)13/h3-4,7,14H,5-6,13H2,1-2H3. The van der Waals surface area contributed by atoms with Crippen molar-refractivity contribution in [2.75, 3.05) is 31.7 Å². The molecule has 0 fully saturated rings. The molecule has 0 heterocycles. The third-order valence-electron chi connectivity index (χ3n) is 2.17. The molecule has 0 aliphatic heterocycles. The summed E-state index contributed by atoms with van der Waals surface area (Å²) < 4.78 is 12.7. The number of nitrogens with two attached hydrogens (primary N) is 1. The van der Waals surface area contributed by atoms with Crippen molar-refractivity contribution in [2.24, 2.45) is 0 Å². The Labute approximate surface area is 94.2 Å². The molecule has 0 bridgehead atoms. The van der Waals surface area contributed by atoms with Crippen LogP contribution in [0.2, 0.25) is 0 Å². The number of benzene rings is 1. The first-order valence-electron chi connectivity index (χ1n) is 4.99. The van der Waals surface area contributed by atoms with Crippen molar-refractivity contribution >= 4 is 17.3 Å². The molecule has 0 aromatic heterocycles. The number of carbonyl (C=O) groups is 1. The molecule has 0 radical (unpaired) electrons. The van der Waals surface area contributed by atoms with E-state index in [1.165, 1.54) is 17.0 Å². The van der Waals surface area contributed by atoms with Gasteiger partial charge in [-0.25, -0.2) is 4.39 Å². The predicted molar refractivity (Wildman–Crippen MR) is 62.6 cm³/mol. The number of carbonyl (C=O) groups excluding carboxylic acids is 1. The average Bonchev–Trinajstić information content (AvgIpc) is 2.20. The van der Waals surface area contributed by atoms with E-state index in [2.05, 4.69) is 5.32 Å². The first kappa shape index (κ1) is 12.3. The van der Waals surface area contributed by atoms with Crippen molar-refractivity contribution in [1.29, 1.82) is 0 Å². The maximum Gasteiger partial charge on any atom is 0.223 e. The largest absolute Gasteiger partial charge is 0.397 e. The van der Waals surface area contributed by atoms with E-state index in [0.717, 1.165) is 0 Å². The number of rotatable bonds is 4. The molecule has 0 aliphatic rings. The second-order valence-corrected chi connectivity index (χ2v) is 3.70. The number of hydrogen-bond donors (Lipinski definition) is 2. The molecule has 0 spiro atoms. The normalized spacial score (nSPS) is 9.94. The summed E-state index contributed by atoms with van der Waals surface area (Å²) in [5.41, 5.74) is 6.59. The first-order valence-corrected chi connectivity index (χ1v) is 4.99. The molecule has 88 valence electrons. The van der Waals surface area contributed by atoms with Crippen LogP contribution in [0.25, 0.3) is 0 Å². The van der Waals surface area contributed by atoms with Crippen molar-refractivity contribution in [3.63, 3.8) is 0 Å². The number of anilines is 2. The fourth-order valence-corrected chi connectivity index (χ4v) is 1.22. The van der Waals surface area contributed by atoms with E-state index in [0.29, 0.717) is 24.3 Å². The highest BCUT2D eigenvalue weighted by atomic mass is 19.1. The van der Waals surface area contributed by atoms with E-state index in [-0.39, 0.29) is 11.7 Å². The third kappa shape index (κ3) is 3.42. The van der Waals surface area contributed by atoms with E-state index < -0.39 is 0 Å². The van der Waals surface area contributed by atoms with Gasteiger partial charge in [-0.15, -0.1) is 0 Å². The fraction of sp³-hybridized carbons (Fsp3) is 0.364. The molecule has 1 amide bonds. The van der Waals surface area contributed by atoms with Crippen LogP contribution in [0.4, 0.5) is 15.8 Å². The SMILES string of the molecule is CN(C)C(=O)CCNc1ccc(F)cc1N. The van der Waals surface area contributed by atoms with Crippen molar-refractivity contribution < 1.29 is 9.18 Å². The number of halogens is 1. The molecule has 0 aliphatic carbocycles. The Morgan fingerprint density at radius 1 is 1.50 bits per heavy atom. The Balaban J connectivity index is 2.46. The smallest absolute Gasteiger partial charge is 0.223 e. The van der Waals surface area contributed by atoms with E-state index in [9.17, 15) is 9.18 Å². The van der Waals surface area contributed by atoms with Crippen LogP contribution >= 0.6 is 0 Å². The zero-order chi connectivity index (χ0) is 12.1. The highest BCUT2D eigenvalue weighted by Crippen LogP contribution is 2.18. The zero-order valence-corrected chi connectivity index (χ0v) is 9.46. The Hall–Kier alpha value is -1.78. The molecule has 0 atom stereocenters. The van der Waals surface area contributed by atoms with Gasteiger partial charge in [0, 0.05) is 27.1 Å². The van der Waals surface area contributed by atoms with Crippen LogP contribution in [0, 0.1) is 5.82 Å². The summed E-state index contributed by atoms with van der Waals surface area (Å²) in [5.74, 6) is -0.333. The fourth-order valence-electron chi connectivity index (χ4n) is 1.22. The Morgan fingerprint density at radius 3 is 2.75 bits per heavy atom. The molecule has 0 saturated heterocycles. The molecule has 1 aromatic carbocycles. The van der Waals surface area contributed by atoms with Crippen LogP contribution in [0.1, 0.15) is 6.42 Å². The Bertz CT molecular complexity index is 379. The van der Waals surface area contributed by atoms with Crippen molar-refractivity contribution in [3.8, 4) is 0 Å². The van der Waals surface area contributed by atoms with E-state index in [1.807, 2.05) is 0 Å². The van der Waals surface area contributed by atoms with Gasteiger partial charge in [-0.1, -0.05) is 0 Å². The number of nitrogens with one attached hydrogen (secondary N) is 1. The van der Waals surface area contributed by atoms with Gasteiger partial charge in [0.2, 0.25) is 5.91 Å². The maximum atomic E-state index is 12.7. The summed E-state index contributed by atoms with van der Waals surface area (Å²) in [4.78, 5) is 12.8. The number of nitrogens with zero attached hydrogens (tertiary/aromatic N) is 1. The molecule has 4 nitrogen and oxygen atoms in total. The van der Waals surface area contributed by atoms with Crippen LogP contribution in [0.5, 0.6) is 0 Å². The summed E-state index contributed by atoms with van der Waals surface area (Å²) >= 11 is 0. The summed E-state index contributed by atoms with van der Waals surface area (Å²) in [6.45, 7) is 0.479. The highest BCUT2D eigenvalue weighted by molar-refractivity contribution is 5.76. The number of hydrogen-bond acceptors (Lipinski definition) is 3. The summed E-state index contributed by atoms with van der Waals surface area (Å²) in [6, 6.07) is 4.13. The van der Waals surface area contributed by atoms with Gasteiger partial charge in [-0.3, -0.25) is 4.79 Å². The summed E-state index contributed by atoms with van der Waals surface area (Å²) in [6.07, 6.45) is 0.379. The summed E-state index contributed by atoms with van der Waals surface area (Å²) in [5, 5.41) is 2.99. The molecular weight excluding hydrogens is 209 g/mol. The molecule has 16 heavy (non-hydrogen) atoms. The lowest BCUT2D eigenvalue weighted by atomic mass is 10.2. The lowest BCUT2D eigenvalue weighted by Gasteiger charge is -2.12. The predicted octanol–water partition coefficient (Wildman–Crippen LogP) is 1.30. The molecule has 0 unspecified atom stereocenters. The van der Waals surface area contributed by atoms with E-state index in [4.69, 9.17) is 5.73 Å². The highest BCUT2D eigenvalue weighted by Gasteiger charge is 2.04. The maximum absolute atomic E-state index is 12.7. The minimum absolute atomic E-state index is 0.0354. The van der Waals surface area contributed by atoms with Gasteiger partial charge in [-0.2, -0.15) is 0 Å². The lowest BCUT2D eigenvalue weighted by molar-refractivity contribution is -0.128.